The molecule has 2 heterocycles. The summed E-state index contributed by atoms with van der Waals surface area (Å²) in [5.41, 5.74) is 5.26. The van der Waals surface area contributed by atoms with E-state index in [-0.39, 0.29) is 0 Å². The van der Waals surface area contributed by atoms with Crippen molar-refractivity contribution in [3.8, 4) is 0 Å². The monoisotopic (exact) mass is 1030 g/mol. The normalized spacial score (nSPS) is 11.9. The van der Waals surface area contributed by atoms with Crippen LogP contribution in [0.25, 0.3) is 0 Å². The Morgan fingerprint density at radius 1 is 0.257 bits per heavy atom. The highest BCUT2D eigenvalue weighted by Crippen LogP contribution is 2.39. The number of hydrogen-bond acceptors (Lipinski definition) is 4. The summed E-state index contributed by atoms with van der Waals surface area (Å²) >= 11 is 0. The average molecular weight is 1030 g/mol. The number of pyridine rings is 2. The molecule has 0 unspecified atom stereocenters. The summed E-state index contributed by atoms with van der Waals surface area (Å²) in [6.07, 6.45) is 3.32. The van der Waals surface area contributed by atoms with Gasteiger partial charge in [0.15, 0.2) is 0 Å². The van der Waals surface area contributed by atoms with Gasteiger partial charge in [0, 0.05) is 36.8 Å². The van der Waals surface area contributed by atoms with Crippen molar-refractivity contribution in [2.24, 2.45) is 9.98 Å². The summed E-state index contributed by atoms with van der Waals surface area (Å²) < 4.78 is 0. The van der Waals surface area contributed by atoms with Crippen LogP contribution < -0.4 is 42.4 Å². The van der Waals surface area contributed by atoms with Gasteiger partial charge in [0.1, 0.15) is 11.4 Å². The highest BCUT2D eigenvalue weighted by atomic mass is 31.1. The maximum absolute atomic E-state index is 5.71. The molecule has 0 aliphatic carbocycles. The number of rotatable bonds is 21. The van der Waals surface area contributed by atoms with Gasteiger partial charge in [-0.1, -0.05) is 255 Å². The lowest BCUT2D eigenvalue weighted by Crippen LogP contribution is -2.24. The zero-order valence-electron chi connectivity index (χ0n) is 41.4. The van der Waals surface area contributed by atoms with Crippen LogP contribution in [0, 0.1) is 0 Å². The topological polar surface area (TPSA) is 50.5 Å². The first-order valence-electron chi connectivity index (χ1n) is 25.3. The number of benzene rings is 8. The molecule has 8 aromatic carbocycles. The molecule has 0 radical (unpaired) electrons. The Balaban J connectivity index is 1.09. The summed E-state index contributed by atoms with van der Waals surface area (Å²) in [7, 11) is -2.88. The Kier molecular flexibility index (Phi) is 18.0. The first-order valence-corrected chi connectivity index (χ1v) is 31.4. The smallest absolute Gasteiger partial charge is 0.110 e. The second kappa shape index (κ2) is 26.4. The average Bonchev–Trinajstić information content (AvgIpc) is 3.48. The van der Waals surface area contributed by atoms with Crippen LogP contribution in [0.4, 0.5) is 0 Å². The number of aliphatic imine (C=N–C) groups is 2. The molecule has 362 valence electrons. The number of hydrogen-bond donors (Lipinski definition) is 0. The van der Waals surface area contributed by atoms with Crippen LogP contribution in [0.3, 0.4) is 0 Å². The molecule has 0 saturated carbocycles. The molecule has 10 aromatic rings. The van der Waals surface area contributed by atoms with Gasteiger partial charge in [0.25, 0.3) is 0 Å². The molecule has 0 N–H and O–H groups in total. The Bertz CT molecular complexity index is 2950. The quantitative estimate of drug-likeness (QED) is 0.0532. The van der Waals surface area contributed by atoms with Crippen molar-refractivity contribution in [1.82, 2.24) is 9.97 Å². The Morgan fingerprint density at radius 3 is 0.730 bits per heavy atom. The van der Waals surface area contributed by atoms with Crippen LogP contribution in [-0.2, 0) is 12.3 Å². The summed E-state index contributed by atoms with van der Waals surface area (Å²) in [5.74, 6) is 0. The SMILES string of the molecule is c1ccc(P(CC/N=C(/C(=N/CCP(c2ccccc2)c2ccccc2)c2cccc(CP(c3ccccc3)c3ccccc3)n2)c2cccc(CP(c3ccccc3)c3ccccc3)n2)c2ccccc2)cc1. The molecule has 0 saturated heterocycles. The van der Waals surface area contributed by atoms with Crippen molar-refractivity contribution in [1.29, 1.82) is 0 Å². The minimum Gasteiger partial charge on any atom is -0.280 e. The lowest BCUT2D eigenvalue weighted by Gasteiger charge is -2.21. The molecule has 0 bridgehead atoms. The maximum Gasteiger partial charge on any atom is 0.110 e. The lowest BCUT2D eigenvalue weighted by molar-refractivity contribution is 1.09. The Labute approximate surface area is 442 Å². The lowest BCUT2D eigenvalue weighted by atomic mass is 10.1. The van der Waals surface area contributed by atoms with Gasteiger partial charge in [-0.3, -0.25) is 20.0 Å². The van der Waals surface area contributed by atoms with E-state index in [0.29, 0.717) is 13.1 Å². The van der Waals surface area contributed by atoms with E-state index in [1.54, 1.807) is 0 Å². The molecule has 0 amide bonds. The van der Waals surface area contributed by atoms with Gasteiger partial charge in [0.05, 0.1) is 11.4 Å². The second-order valence-electron chi connectivity index (χ2n) is 17.6. The molecule has 8 heteroatoms. The van der Waals surface area contributed by atoms with E-state index < -0.39 is 31.7 Å². The van der Waals surface area contributed by atoms with E-state index in [1.165, 1.54) is 42.4 Å². The summed E-state index contributed by atoms with van der Waals surface area (Å²) in [6, 6.07) is 100. The van der Waals surface area contributed by atoms with Gasteiger partial charge < -0.3 is 0 Å². The molecule has 0 spiro atoms. The standard InChI is InChI=1S/C66H58N4P4/c1-9-29-55(30-10-1)71(56-31-11-2-12-32-56)49-47-67-65(63-45-25-27-53(69-63)51-73(59-37-17-5-18-38-59)60-39-19-6-20-40-60)66(68-48-50-72(57-33-13-3-14-34-57)58-35-15-4-16-36-58)64-46-26-28-54(70-64)52-74(61-41-21-7-22-42-61)62-43-23-8-24-44-62/h1-46H,47-52H2/b67-65+,68-66+. The van der Waals surface area contributed by atoms with E-state index in [0.717, 1.165) is 58.8 Å². The van der Waals surface area contributed by atoms with E-state index in [4.69, 9.17) is 20.0 Å². The van der Waals surface area contributed by atoms with Crippen molar-refractivity contribution in [2.75, 3.05) is 25.4 Å². The molecule has 2 aromatic heterocycles. The molecule has 0 fully saturated rings. The van der Waals surface area contributed by atoms with Crippen molar-refractivity contribution in [3.63, 3.8) is 0 Å². The van der Waals surface area contributed by atoms with E-state index in [2.05, 4.69) is 279 Å². The van der Waals surface area contributed by atoms with Crippen LogP contribution in [0.1, 0.15) is 22.8 Å². The first-order chi connectivity index (χ1) is 36.7. The first kappa shape index (κ1) is 50.6. The van der Waals surface area contributed by atoms with Gasteiger partial charge in [-0.25, -0.2) is 0 Å². The van der Waals surface area contributed by atoms with Crippen LogP contribution in [-0.4, -0.2) is 46.8 Å². The predicted octanol–water partition coefficient (Wildman–Crippen LogP) is 12.3. The number of nitrogens with zero attached hydrogens (tertiary/aromatic N) is 4. The van der Waals surface area contributed by atoms with Crippen LogP contribution in [0.15, 0.2) is 289 Å². The third kappa shape index (κ3) is 13.4. The molecular weight excluding hydrogens is 973 g/mol. The molecule has 0 aliphatic rings. The molecule has 74 heavy (non-hydrogen) atoms. The molecule has 10 rings (SSSR count). The van der Waals surface area contributed by atoms with Gasteiger partial charge in [0.2, 0.25) is 0 Å². The van der Waals surface area contributed by atoms with Gasteiger partial charge in [-0.2, -0.15) is 0 Å². The van der Waals surface area contributed by atoms with Gasteiger partial charge in [-0.15, -0.1) is 0 Å². The summed E-state index contributed by atoms with van der Waals surface area (Å²) in [4.78, 5) is 22.6. The van der Waals surface area contributed by atoms with Crippen molar-refractivity contribution in [3.05, 3.63) is 302 Å². The fourth-order valence-electron chi connectivity index (χ4n) is 9.14. The predicted molar refractivity (Wildman–Crippen MR) is 325 cm³/mol. The highest BCUT2D eigenvalue weighted by Gasteiger charge is 2.23. The van der Waals surface area contributed by atoms with Crippen LogP contribution in [0.5, 0.6) is 0 Å². The molecule has 0 aliphatic heterocycles. The fourth-order valence-corrected chi connectivity index (χ4v) is 18.0. The number of aromatic nitrogens is 2. The van der Waals surface area contributed by atoms with Crippen LogP contribution in [0.2, 0.25) is 0 Å². The van der Waals surface area contributed by atoms with Crippen molar-refractivity contribution in [2.45, 2.75) is 12.3 Å². The molecule has 4 nitrogen and oxygen atoms in total. The highest BCUT2D eigenvalue weighted by molar-refractivity contribution is 7.73. The minimum atomic E-state index is -0.740. The van der Waals surface area contributed by atoms with E-state index in [9.17, 15) is 0 Å². The van der Waals surface area contributed by atoms with E-state index >= 15 is 0 Å². The Morgan fingerprint density at radius 2 is 0.486 bits per heavy atom. The zero-order valence-corrected chi connectivity index (χ0v) is 45.0. The fraction of sp³-hybridized carbons (Fsp3) is 0.0909. The largest absolute Gasteiger partial charge is 0.280 e. The van der Waals surface area contributed by atoms with E-state index in [1.807, 2.05) is 0 Å². The third-order valence-electron chi connectivity index (χ3n) is 12.7. The molecule has 0 atom stereocenters. The van der Waals surface area contributed by atoms with Crippen molar-refractivity contribution >= 4 is 85.5 Å². The zero-order chi connectivity index (χ0) is 50.0. The van der Waals surface area contributed by atoms with Gasteiger partial charge >= 0.3 is 0 Å². The maximum atomic E-state index is 5.71. The van der Waals surface area contributed by atoms with Gasteiger partial charge in [-0.05, 0) is 111 Å². The van der Waals surface area contributed by atoms with Crippen LogP contribution >= 0.6 is 31.7 Å². The molecular formula is C66H58N4P4. The second-order valence-corrected chi connectivity index (χ2v) is 26.7. The summed E-state index contributed by atoms with van der Waals surface area (Å²) in [5, 5.41) is 10.7. The van der Waals surface area contributed by atoms with Crippen molar-refractivity contribution < 1.29 is 0 Å². The third-order valence-corrected chi connectivity index (χ3v) is 22.6. The Hall–Kier alpha value is -6.88. The summed E-state index contributed by atoms with van der Waals surface area (Å²) in [6.45, 7) is 1.18. The minimum absolute atomic E-state index is 0.588.